The van der Waals surface area contributed by atoms with Crippen molar-refractivity contribution in [1.82, 2.24) is 0 Å². The molecule has 2 N–H and O–H groups in total. The Morgan fingerprint density at radius 3 is 2.64 bits per heavy atom. The van der Waals surface area contributed by atoms with Crippen LogP contribution >= 0.6 is 0 Å². The standard InChI is InChI=1S/C20H22N2O3/c1-2-17(20(21)24)22(16-6-4-3-5-7-16)19(23)13-14-8-9-18-15(12-14)10-11-25-18/h3-9,12,17H,2,10-11,13H2,1H3,(H2,21,24)/t17-/m0/s1. The van der Waals surface area contributed by atoms with E-state index in [-0.39, 0.29) is 12.3 Å². The lowest BCUT2D eigenvalue weighted by atomic mass is 10.0. The van der Waals surface area contributed by atoms with Gasteiger partial charge in [-0.1, -0.05) is 37.3 Å². The van der Waals surface area contributed by atoms with Gasteiger partial charge in [0.05, 0.1) is 13.0 Å². The molecule has 1 atom stereocenters. The zero-order chi connectivity index (χ0) is 17.8. The Hall–Kier alpha value is -2.82. The number of nitrogens with zero attached hydrogens (tertiary/aromatic N) is 1. The number of hydrogen-bond donors (Lipinski definition) is 1. The molecule has 0 unspecified atom stereocenters. The van der Waals surface area contributed by atoms with Crippen molar-refractivity contribution < 1.29 is 14.3 Å². The van der Waals surface area contributed by atoms with E-state index in [9.17, 15) is 9.59 Å². The molecule has 0 radical (unpaired) electrons. The number of hydrogen-bond acceptors (Lipinski definition) is 3. The summed E-state index contributed by atoms with van der Waals surface area (Å²) in [6.45, 7) is 2.54. The van der Waals surface area contributed by atoms with Crippen LogP contribution in [0.2, 0.25) is 0 Å². The second-order valence-electron chi connectivity index (χ2n) is 6.14. The average Bonchev–Trinajstić information content (AvgIpc) is 3.07. The van der Waals surface area contributed by atoms with E-state index in [0.29, 0.717) is 18.7 Å². The van der Waals surface area contributed by atoms with Crippen LogP contribution in [0.4, 0.5) is 5.69 Å². The van der Waals surface area contributed by atoms with Gasteiger partial charge < -0.3 is 10.5 Å². The lowest BCUT2D eigenvalue weighted by molar-refractivity contribution is -0.124. The molecule has 1 aliphatic rings. The van der Waals surface area contributed by atoms with Crippen LogP contribution in [-0.4, -0.2) is 24.5 Å². The van der Waals surface area contributed by atoms with Crippen molar-refractivity contribution in [3.8, 4) is 5.75 Å². The number of carbonyl (C=O) groups excluding carboxylic acids is 2. The summed E-state index contributed by atoms with van der Waals surface area (Å²) < 4.78 is 5.51. The maximum absolute atomic E-state index is 13.0. The fourth-order valence-electron chi connectivity index (χ4n) is 3.21. The van der Waals surface area contributed by atoms with Gasteiger partial charge in [0.2, 0.25) is 11.8 Å². The van der Waals surface area contributed by atoms with Crippen LogP contribution in [-0.2, 0) is 22.4 Å². The third kappa shape index (κ3) is 3.65. The van der Waals surface area contributed by atoms with Crippen molar-refractivity contribution in [3.05, 3.63) is 59.7 Å². The van der Waals surface area contributed by atoms with Crippen molar-refractivity contribution in [1.29, 1.82) is 0 Å². The largest absolute Gasteiger partial charge is 0.493 e. The number of carbonyl (C=O) groups is 2. The van der Waals surface area contributed by atoms with Crippen LogP contribution < -0.4 is 15.4 Å². The van der Waals surface area contributed by atoms with Gasteiger partial charge in [-0.05, 0) is 35.7 Å². The van der Waals surface area contributed by atoms with Crippen LogP contribution in [0, 0.1) is 0 Å². The lowest BCUT2D eigenvalue weighted by Crippen LogP contribution is -2.48. The number of para-hydroxylation sites is 1. The minimum absolute atomic E-state index is 0.143. The molecule has 1 heterocycles. The fraction of sp³-hybridized carbons (Fsp3) is 0.300. The van der Waals surface area contributed by atoms with E-state index in [0.717, 1.165) is 23.3 Å². The number of nitrogens with two attached hydrogens (primary N) is 1. The predicted octanol–water partition coefficient (Wildman–Crippen LogP) is 2.46. The molecule has 0 saturated carbocycles. The highest BCUT2D eigenvalue weighted by Gasteiger charge is 2.28. The molecule has 5 heteroatoms. The molecule has 1 aliphatic heterocycles. The van der Waals surface area contributed by atoms with Gasteiger partial charge in [-0.15, -0.1) is 0 Å². The summed E-state index contributed by atoms with van der Waals surface area (Å²) in [5.41, 5.74) is 8.26. The Labute approximate surface area is 147 Å². The number of rotatable bonds is 6. The van der Waals surface area contributed by atoms with E-state index in [2.05, 4.69) is 0 Å². The van der Waals surface area contributed by atoms with Crippen LogP contribution in [0.5, 0.6) is 5.75 Å². The van der Waals surface area contributed by atoms with Crippen LogP contribution in [0.3, 0.4) is 0 Å². The topological polar surface area (TPSA) is 72.6 Å². The van der Waals surface area contributed by atoms with Gasteiger partial charge in [-0.25, -0.2) is 0 Å². The minimum atomic E-state index is -0.660. The molecule has 0 bridgehead atoms. The second-order valence-corrected chi connectivity index (χ2v) is 6.14. The highest BCUT2D eigenvalue weighted by molar-refractivity contribution is 6.01. The van der Waals surface area contributed by atoms with Gasteiger partial charge in [-0.2, -0.15) is 0 Å². The fourth-order valence-corrected chi connectivity index (χ4v) is 3.21. The SMILES string of the molecule is CC[C@@H](C(N)=O)N(C(=O)Cc1ccc2c(c1)CCO2)c1ccccc1. The van der Waals surface area contributed by atoms with Crippen molar-refractivity contribution in [2.24, 2.45) is 5.73 Å². The molecule has 25 heavy (non-hydrogen) atoms. The lowest BCUT2D eigenvalue weighted by Gasteiger charge is -2.29. The molecule has 0 saturated heterocycles. The van der Waals surface area contributed by atoms with E-state index in [1.807, 2.05) is 55.5 Å². The van der Waals surface area contributed by atoms with E-state index in [1.165, 1.54) is 4.90 Å². The summed E-state index contributed by atoms with van der Waals surface area (Å²) in [6.07, 6.45) is 1.54. The second kappa shape index (κ2) is 7.38. The first-order valence-electron chi connectivity index (χ1n) is 8.51. The van der Waals surface area contributed by atoms with Crippen molar-refractivity contribution in [3.63, 3.8) is 0 Å². The summed E-state index contributed by atoms with van der Waals surface area (Å²) in [5.74, 6) is 0.248. The van der Waals surface area contributed by atoms with Gasteiger partial charge in [0.15, 0.2) is 0 Å². The molecule has 2 aromatic rings. The molecule has 3 rings (SSSR count). The van der Waals surface area contributed by atoms with Gasteiger partial charge in [0.1, 0.15) is 11.8 Å². The maximum atomic E-state index is 13.0. The Balaban J connectivity index is 1.87. The molecule has 5 nitrogen and oxygen atoms in total. The molecule has 130 valence electrons. The van der Waals surface area contributed by atoms with Gasteiger partial charge >= 0.3 is 0 Å². The molecule has 2 aromatic carbocycles. The van der Waals surface area contributed by atoms with Gasteiger partial charge in [0.25, 0.3) is 0 Å². The third-order valence-electron chi connectivity index (χ3n) is 4.44. The number of primary amides is 1. The smallest absolute Gasteiger partial charge is 0.240 e. The number of benzene rings is 2. The highest BCUT2D eigenvalue weighted by Crippen LogP contribution is 2.27. The van der Waals surface area contributed by atoms with Crippen molar-refractivity contribution in [2.45, 2.75) is 32.2 Å². The normalized spacial score (nSPS) is 13.6. The quantitative estimate of drug-likeness (QED) is 0.879. The third-order valence-corrected chi connectivity index (χ3v) is 4.44. The highest BCUT2D eigenvalue weighted by atomic mass is 16.5. The van der Waals surface area contributed by atoms with E-state index in [4.69, 9.17) is 10.5 Å². The Kier molecular flexibility index (Phi) is 5.03. The zero-order valence-corrected chi connectivity index (χ0v) is 14.3. The number of anilines is 1. The number of amides is 2. The average molecular weight is 338 g/mol. The Morgan fingerprint density at radius 2 is 1.96 bits per heavy atom. The van der Waals surface area contributed by atoms with Crippen LogP contribution in [0.15, 0.2) is 48.5 Å². The predicted molar refractivity (Wildman–Crippen MR) is 96.5 cm³/mol. The molecule has 0 spiro atoms. The van der Waals surface area contributed by atoms with E-state index >= 15 is 0 Å². The number of ether oxygens (including phenoxy) is 1. The van der Waals surface area contributed by atoms with Crippen LogP contribution in [0.1, 0.15) is 24.5 Å². The summed E-state index contributed by atoms with van der Waals surface area (Å²) in [6, 6.07) is 14.4. The molecular weight excluding hydrogens is 316 g/mol. The van der Waals surface area contributed by atoms with Gasteiger partial charge in [-0.3, -0.25) is 14.5 Å². The maximum Gasteiger partial charge on any atom is 0.240 e. The van der Waals surface area contributed by atoms with Crippen molar-refractivity contribution >= 4 is 17.5 Å². The summed E-state index contributed by atoms with van der Waals surface area (Å²) in [5, 5.41) is 0. The summed E-state index contributed by atoms with van der Waals surface area (Å²) in [4.78, 5) is 26.4. The first kappa shape index (κ1) is 17.0. The molecular formula is C20H22N2O3. The Bertz CT molecular complexity index is 774. The summed E-state index contributed by atoms with van der Waals surface area (Å²) >= 11 is 0. The minimum Gasteiger partial charge on any atom is -0.493 e. The first-order valence-corrected chi connectivity index (χ1v) is 8.51. The summed E-state index contributed by atoms with van der Waals surface area (Å²) in [7, 11) is 0. The zero-order valence-electron chi connectivity index (χ0n) is 14.3. The molecule has 0 aliphatic carbocycles. The first-order chi connectivity index (χ1) is 12.1. The van der Waals surface area contributed by atoms with E-state index < -0.39 is 11.9 Å². The van der Waals surface area contributed by atoms with Crippen molar-refractivity contribution in [2.75, 3.05) is 11.5 Å². The molecule has 0 fully saturated rings. The van der Waals surface area contributed by atoms with Crippen LogP contribution in [0.25, 0.3) is 0 Å². The Morgan fingerprint density at radius 1 is 1.20 bits per heavy atom. The van der Waals surface area contributed by atoms with Gasteiger partial charge in [0, 0.05) is 12.1 Å². The van der Waals surface area contributed by atoms with E-state index in [1.54, 1.807) is 0 Å². The molecule has 2 amide bonds. The molecule has 0 aromatic heterocycles. The number of fused-ring (bicyclic) bond motifs is 1. The monoisotopic (exact) mass is 338 g/mol.